The summed E-state index contributed by atoms with van der Waals surface area (Å²) in [6.07, 6.45) is 2.23. The molecule has 0 radical (unpaired) electrons. The van der Waals surface area contributed by atoms with E-state index < -0.39 is 0 Å². The van der Waals surface area contributed by atoms with Gasteiger partial charge in [0.25, 0.3) is 0 Å². The quantitative estimate of drug-likeness (QED) is 0.363. The lowest BCUT2D eigenvalue weighted by atomic mass is 10.3. The molecule has 0 saturated heterocycles. The lowest BCUT2D eigenvalue weighted by molar-refractivity contribution is 0.628. The van der Waals surface area contributed by atoms with Crippen molar-refractivity contribution in [3.63, 3.8) is 0 Å². The maximum absolute atomic E-state index is 12.9. The molecule has 1 aliphatic carbocycles. The van der Waals surface area contributed by atoms with E-state index in [1.807, 2.05) is 11.8 Å². The zero-order valence-electron chi connectivity index (χ0n) is 9.86. The highest BCUT2D eigenvalue weighted by Gasteiger charge is 2.22. The monoisotopic (exact) mass is 236 g/mol. The van der Waals surface area contributed by atoms with Gasteiger partial charge in [-0.05, 0) is 44.0 Å². The van der Waals surface area contributed by atoms with Crippen molar-refractivity contribution in [3.8, 4) is 0 Å². The second-order valence-corrected chi connectivity index (χ2v) is 4.05. The van der Waals surface area contributed by atoms with Gasteiger partial charge in [-0.25, -0.2) is 15.2 Å². The van der Waals surface area contributed by atoms with Crippen molar-refractivity contribution < 1.29 is 4.39 Å². The molecule has 4 nitrogen and oxygen atoms in total. The summed E-state index contributed by atoms with van der Waals surface area (Å²) in [6, 6.07) is 6.69. The summed E-state index contributed by atoms with van der Waals surface area (Å²) in [4.78, 5) is 6.42. The fourth-order valence-corrected chi connectivity index (χ4v) is 1.64. The molecule has 5 heteroatoms. The Kier molecular flexibility index (Phi) is 3.58. The molecule has 0 aromatic heterocycles. The third-order valence-corrected chi connectivity index (χ3v) is 2.69. The molecule has 2 rings (SSSR count). The maximum Gasteiger partial charge on any atom is 0.213 e. The molecule has 17 heavy (non-hydrogen) atoms. The number of anilines is 1. The van der Waals surface area contributed by atoms with Crippen LogP contribution < -0.4 is 16.2 Å². The standard InChI is InChI=1S/C12H17FN4/c1-2-17(11-7-3-9(13)4-8-11)12(16-14)15-10-5-6-10/h3-4,7-8,10H,2,5-6,14H2,1H3,(H,15,16). The molecule has 0 aliphatic heterocycles. The Morgan fingerprint density at radius 2 is 2.12 bits per heavy atom. The molecule has 0 heterocycles. The van der Waals surface area contributed by atoms with Crippen molar-refractivity contribution in [1.82, 2.24) is 5.43 Å². The third-order valence-electron chi connectivity index (χ3n) is 2.69. The van der Waals surface area contributed by atoms with E-state index in [0.29, 0.717) is 12.0 Å². The topological polar surface area (TPSA) is 53.6 Å². The summed E-state index contributed by atoms with van der Waals surface area (Å²) in [5.41, 5.74) is 3.50. The van der Waals surface area contributed by atoms with Gasteiger partial charge in [-0.1, -0.05) is 0 Å². The van der Waals surface area contributed by atoms with Gasteiger partial charge in [0.05, 0.1) is 6.04 Å². The van der Waals surface area contributed by atoms with Crippen molar-refractivity contribution in [2.45, 2.75) is 25.8 Å². The van der Waals surface area contributed by atoms with Crippen molar-refractivity contribution in [2.75, 3.05) is 11.4 Å². The van der Waals surface area contributed by atoms with Gasteiger partial charge in [-0.2, -0.15) is 0 Å². The van der Waals surface area contributed by atoms with Crippen LogP contribution in [0.2, 0.25) is 0 Å². The molecule has 1 aliphatic rings. The van der Waals surface area contributed by atoms with E-state index in [2.05, 4.69) is 10.4 Å². The van der Waals surface area contributed by atoms with Crippen LogP contribution in [0.4, 0.5) is 10.1 Å². The van der Waals surface area contributed by atoms with Gasteiger partial charge in [-0.15, -0.1) is 0 Å². The average molecular weight is 236 g/mol. The maximum atomic E-state index is 12.9. The fourth-order valence-electron chi connectivity index (χ4n) is 1.64. The van der Waals surface area contributed by atoms with Crippen LogP contribution in [0.5, 0.6) is 0 Å². The molecule has 0 bridgehead atoms. The predicted molar refractivity (Wildman–Crippen MR) is 67.2 cm³/mol. The summed E-state index contributed by atoms with van der Waals surface area (Å²) >= 11 is 0. The van der Waals surface area contributed by atoms with Crippen LogP contribution in [0.1, 0.15) is 19.8 Å². The first kappa shape index (κ1) is 11.9. The van der Waals surface area contributed by atoms with Crippen molar-refractivity contribution in [1.29, 1.82) is 0 Å². The first-order valence-corrected chi connectivity index (χ1v) is 5.82. The summed E-state index contributed by atoms with van der Waals surface area (Å²) in [6.45, 7) is 2.73. The molecule has 1 aromatic carbocycles. The number of nitrogens with one attached hydrogen (secondary N) is 1. The van der Waals surface area contributed by atoms with Gasteiger partial charge < -0.3 is 4.90 Å². The van der Waals surface area contributed by atoms with Crippen LogP contribution in [-0.4, -0.2) is 18.5 Å². The number of benzene rings is 1. The molecule has 1 fully saturated rings. The van der Waals surface area contributed by atoms with E-state index in [1.165, 1.54) is 12.1 Å². The summed E-state index contributed by atoms with van der Waals surface area (Å²) in [5, 5.41) is 0. The van der Waals surface area contributed by atoms with Gasteiger partial charge >= 0.3 is 0 Å². The Morgan fingerprint density at radius 3 is 2.59 bits per heavy atom. The highest BCUT2D eigenvalue weighted by atomic mass is 19.1. The lowest BCUT2D eigenvalue weighted by Crippen LogP contribution is -2.45. The number of aliphatic imine (C=N–C) groups is 1. The highest BCUT2D eigenvalue weighted by Crippen LogP contribution is 2.24. The van der Waals surface area contributed by atoms with Crippen LogP contribution in [-0.2, 0) is 0 Å². The molecular formula is C12H17FN4. The van der Waals surface area contributed by atoms with Gasteiger partial charge in [0, 0.05) is 12.2 Å². The largest absolute Gasteiger partial charge is 0.312 e. The second kappa shape index (κ2) is 5.14. The predicted octanol–water partition coefficient (Wildman–Crippen LogP) is 1.63. The van der Waals surface area contributed by atoms with Crippen molar-refractivity contribution in [3.05, 3.63) is 30.1 Å². The van der Waals surface area contributed by atoms with Gasteiger partial charge in [-0.3, -0.25) is 5.43 Å². The number of hydrazine groups is 1. The number of guanidine groups is 1. The first-order valence-electron chi connectivity index (χ1n) is 5.82. The number of hydrogen-bond acceptors (Lipinski definition) is 2. The van der Waals surface area contributed by atoms with E-state index in [-0.39, 0.29) is 5.82 Å². The number of halogens is 1. The smallest absolute Gasteiger partial charge is 0.213 e. The van der Waals surface area contributed by atoms with Crippen LogP contribution in [0, 0.1) is 5.82 Å². The number of nitrogens with zero attached hydrogens (tertiary/aromatic N) is 2. The molecule has 0 spiro atoms. The van der Waals surface area contributed by atoms with Crippen molar-refractivity contribution >= 4 is 11.6 Å². The highest BCUT2D eigenvalue weighted by molar-refractivity contribution is 5.95. The molecular weight excluding hydrogens is 219 g/mol. The minimum Gasteiger partial charge on any atom is -0.312 e. The van der Waals surface area contributed by atoms with E-state index in [1.54, 1.807) is 12.1 Å². The SMILES string of the molecule is CCN(C(=NC1CC1)NN)c1ccc(F)cc1. The summed E-state index contributed by atoms with van der Waals surface area (Å²) in [5.74, 6) is 5.89. The van der Waals surface area contributed by atoms with E-state index in [9.17, 15) is 4.39 Å². The van der Waals surface area contributed by atoms with Gasteiger partial charge in [0.15, 0.2) is 0 Å². The van der Waals surface area contributed by atoms with Gasteiger partial charge in [0.2, 0.25) is 5.96 Å². The molecule has 0 amide bonds. The molecule has 0 atom stereocenters. The molecule has 92 valence electrons. The van der Waals surface area contributed by atoms with Crippen LogP contribution >= 0.6 is 0 Å². The van der Waals surface area contributed by atoms with Crippen LogP contribution in [0.15, 0.2) is 29.3 Å². The zero-order chi connectivity index (χ0) is 12.3. The Morgan fingerprint density at radius 1 is 1.47 bits per heavy atom. The van der Waals surface area contributed by atoms with E-state index in [4.69, 9.17) is 5.84 Å². The summed E-state index contributed by atoms with van der Waals surface area (Å²) in [7, 11) is 0. The number of nitrogens with two attached hydrogens (primary N) is 1. The second-order valence-electron chi connectivity index (χ2n) is 4.05. The van der Waals surface area contributed by atoms with Gasteiger partial charge in [0.1, 0.15) is 5.82 Å². The molecule has 1 aromatic rings. The number of hydrogen-bond donors (Lipinski definition) is 2. The van der Waals surface area contributed by atoms with E-state index >= 15 is 0 Å². The van der Waals surface area contributed by atoms with Crippen molar-refractivity contribution in [2.24, 2.45) is 10.8 Å². The Labute approximate surface area is 100 Å². The Bertz CT molecular complexity index is 397. The average Bonchev–Trinajstić information content (AvgIpc) is 3.15. The fraction of sp³-hybridized carbons (Fsp3) is 0.417. The first-order chi connectivity index (χ1) is 8.24. The van der Waals surface area contributed by atoms with Crippen LogP contribution in [0.3, 0.4) is 0 Å². The molecule has 3 N–H and O–H groups in total. The third kappa shape index (κ3) is 2.94. The summed E-state index contributed by atoms with van der Waals surface area (Å²) < 4.78 is 12.9. The molecule has 1 saturated carbocycles. The number of rotatable bonds is 3. The zero-order valence-corrected chi connectivity index (χ0v) is 9.86. The van der Waals surface area contributed by atoms with E-state index in [0.717, 1.165) is 25.1 Å². The van der Waals surface area contributed by atoms with Crippen LogP contribution in [0.25, 0.3) is 0 Å². The minimum atomic E-state index is -0.244. The lowest BCUT2D eigenvalue weighted by Gasteiger charge is -2.24. The minimum absolute atomic E-state index is 0.244. The Balaban J connectivity index is 2.21. The Hall–Kier alpha value is -1.62. The normalized spacial score (nSPS) is 15.8. The molecule has 0 unspecified atom stereocenters.